The molecule has 0 aliphatic carbocycles. The number of halogens is 3. The third-order valence-corrected chi connectivity index (χ3v) is 4.12. The molecule has 1 aliphatic heterocycles. The Labute approximate surface area is 132 Å². The molecule has 0 fully saturated rings. The molecule has 0 amide bonds. The van der Waals surface area contributed by atoms with Crippen molar-refractivity contribution in [3.8, 4) is 0 Å². The van der Waals surface area contributed by atoms with E-state index in [2.05, 4.69) is 5.32 Å². The van der Waals surface area contributed by atoms with Crippen molar-refractivity contribution in [2.75, 3.05) is 5.32 Å². The highest BCUT2D eigenvalue weighted by atomic mass is 35.5. The highest BCUT2D eigenvalue weighted by molar-refractivity contribution is 6.33. The van der Waals surface area contributed by atoms with Gasteiger partial charge in [0.15, 0.2) is 11.6 Å². The molecule has 5 heteroatoms. The molecule has 22 heavy (non-hydrogen) atoms. The van der Waals surface area contributed by atoms with Crippen LogP contribution in [-0.2, 0) is 0 Å². The van der Waals surface area contributed by atoms with Crippen molar-refractivity contribution in [3.63, 3.8) is 0 Å². The van der Waals surface area contributed by atoms with Crippen LogP contribution in [0.2, 0.25) is 5.02 Å². The number of hydrogen-bond acceptors (Lipinski definition) is 2. The molecule has 0 radical (unpaired) electrons. The molecule has 0 spiro atoms. The number of benzene rings is 2. The number of anilines is 1. The molecule has 2 nitrogen and oxygen atoms in total. The predicted molar refractivity (Wildman–Crippen MR) is 85.8 cm³/mol. The van der Waals surface area contributed by atoms with Gasteiger partial charge in [-0.2, -0.15) is 0 Å². The standard InChI is InChI=1S/C17H15ClF2N2/c1-9(21)12-8-10-4-2-6-13(18)16(10)22-17(12)11-5-3-7-14(19)15(11)20/h2-9,17,22H,21H2,1H3/t9-,17?/m0/s1. The zero-order valence-electron chi connectivity index (χ0n) is 11.9. The number of para-hydroxylation sites is 1. The monoisotopic (exact) mass is 320 g/mol. The molecule has 2 atom stereocenters. The summed E-state index contributed by atoms with van der Waals surface area (Å²) < 4.78 is 27.7. The lowest BCUT2D eigenvalue weighted by atomic mass is 9.88. The molecule has 114 valence electrons. The third-order valence-electron chi connectivity index (χ3n) is 3.81. The zero-order valence-corrected chi connectivity index (χ0v) is 12.7. The molecule has 3 N–H and O–H groups in total. The average molecular weight is 321 g/mol. The summed E-state index contributed by atoms with van der Waals surface area (Å²) in [4.78, 5) is 0. The largest absolute Gasteiger partial charge is 0.373 e. The second kappa shape index (κ2) is 5.71. The fourth-order valence-electron chi connectivity index (χ4n) is 2.70. The van der Waals surface area contributed by atoms with Crippen molar-refractivity contribution in [2.24, 2.45) is 5.73 Å². The minimum Gasteiger partial charge on any atom is -0.373 e. The maximum absolute atomic E-state index is 14.2. The third kappa shape index (κ3) is 2.49. The summed E-state index contributed by atoms with van der Waals surface area (Å²) in [6.45, 7) is 1.81. The smallest absolute Gasteiger partial charge is 0.164 e. The topological polar surface area (TPSA) is 38.0 Å². The van der Waals surface area contributed by atoms with Crippen LogP contribution in [-0.4, -0.2) is 6.04 Å². The average Bonchev–Trinajstić information content (AvgIpc) is 2.49. The van der Waals surface area contributed by atoms with Crippen molar-refractivity contribution < 1.29 is 8.78 Å². The van der Waals surface area contributed by atoms with Gasteiger partial charge >= 0.3 is 0 Å². The Morgan fingerprint density at radius 2 is 1.91 bits per heavy atom. The quantitative estimate of drug-likeness (QED) is 0.854. The molecule has 3 rings (SSSR count). The van der Waals surface area contributed by atoms with Crippen LogP contribution in [0.15, 0.2) is 42.0 Å². The van der Waals surface area contributed by atoms with E-state index in [0.29, 0.717) is 10.7 Å². The molecule has 0 saturated carbocycles. The number of rotatable bonds is 2. The SMILES string of the molecule is C[C@H](N)C1=Cc2cccc(Cl)c2NC1c1cccc(F)c1F. The van der Waals surface area contributed by atoms with Crippen molar-refractivity contribution in [2.45, 2.75) is 19.0 Å². The molecule has 1 unspecified atom stereocenters. The van der Waals surface area contributed by atoms with E-state index in [1.165, 1.54) is 6.07 Å². The fourth-order valence-corrected chi connectivity index (χ4v) is 2.94. The first-order chi connectivity index (χ1) is 10.5. The van der Waals surface area contributed by atoms with Gasteiger partial charge in [-0.1, -0.05) is 35.9 Å². The Kier molecular flexibility index (Phi) is 3.89. The summed E-state index contributed by atoms with van der Waals surface area (Å²) in [6.07, 6.45) is 1.89. The van der Waals surface area contributed by atoms with E-state index in [-0.39, 0.29) is 11.6 Å². The van der Waals surface area contributed by atoms with Gasteiger partial charge < -0.3 is 11.1 Å². The lowest BCUT2D eigenvalue weighted by Gasteiger charge is -2.31. The van der Waals surface area contributed by atoms with E-state index in [0.717, 1.165) is 17.2 Å². The highest BCUT2D eigenvalue weighted by Gasteiger charge is 2.28. The fraction of sp³-hybridized carbons (Fsp3) is 0.176. The lowest BCUT2D eigenvalue weighted by molar-refractivity contribution is 0.494. The van der Waals surface area contributed by atoms with Crippen molar-refractivity contribution >= 4 is 23.4 Å². The molecule has 0 aromatic heterocycles. The van der Waals surface area contributed by atoms with Crippen LogP contribution >= 0.6 is 11.6 Å². The first-order valence-corrected chi connectivity index (χ1v) is 7.33. The lowest BCUT2D eigenvalue weighted by Crippen LogP contribution is -2.29. The molecule has 1 aliphatic rings. The Morgan fingerprint density at radius 3 is 2.64 bits per heavy atom. The van der Waals surface area contributed by atoms with Crippen LogP contribution in [0.4, 0.5) is 14.5 Å². The minimum absolute atomic E-state index is 0.217. The second-order valence-corrected chi connectivity index (χ2v) is 5.76. The van der Waals surface area contributed by atoms with Gasteiger partial charge in [0.1, 0.15) is 0 Å². The van der Waals surface area contributed by atoms with Crippen LogP contribution in [0, 0.1) is 11.6 Å². The zero-order chi connectivity index (χ0) is 15.9. The van der Waals surface area contributed by atoms with Gasteiger partial charge in [0.2, 0.25) is 0 Å². The maximum atomic E-state index is 14.2. The number of nitrogens with two attached hydrogens (primary N) is 1. The summed E-state index contributed by atoms with van der Waals surface area (Å²) in [7, 11) is 0. The second-order valence-electron chi connectivity index (χ2n) is 5.36. The number of hydrogen-bond donors (Lipinski definition) is 2. The van der Waals surface area contributed by atoms with Crippen molar-refractivity contribution in [1.82, 2.24) is 0 Å². The van der Waals surface area contributed by atoms with Crippen LogP contribution in [0.1, 0.15) is 24.1 Å². The van der Waals surface area contributed by atoms with Crippen LogP contribution in [0.3, 0.4) is 0 Å². The van der Waals surface area contributed by atoms with E-state index >= 15 is 0 Å². The number of fused-ring (bicyclic) bond motifs is 1. The van der Waals surface area contributed by atoms with E-state index < -0.39 is 17.7 Å². The first-order valence-electron chi connectivity index (χ1n) is 6.95. The molecule has 2 aromatic rings. The van der Waals surface area contributed by atoms with E-state index in [4.69, 9.17) is 17.3 Å². The normalized spacial score (nSPS) is 18.2. The molecule has 0 bridgehead atoms. The summed E-state index contributed by atoms with van der Waals surface area (Å²) in [6, 6.07) is 8.74. The summed E-state index contributed by atoms with van der Waals surface area (Å²) in [5.41, 5.74) is 8.59. The van der Waals surface area contributed by atoms with E-state index in [9.17, 15) is 8.78 Å². The minimum atomic E-state index is -0.881. The van der Waals surface area contributed by atoms with Gasteiger partial charge in [0.25, 0.3) is 0 Å². The predicted octanol–water partition coefficient (Wildman–Crippen LogP) is 4.52. The molecular formula is C17H15ClF2N2. The Hall–Kier alpha value is -1.91. The van der Waals surface area contributed by atoms with E-state index in [1.54, 1.807) is 12.1 Å². The molecule has 2 aromatic carbocycles. The summed E-state index contributed by atoms with van der Waals surface area (Å²) in [5, 5.41) is 3.72. The van der Waals surface area contributed by atoms with Crippen LogP contribution < -0.4 is 11.1 Å². The Bertz CT molecular complexity index is 756. The first kappa shape index (κ1) is 15.0. The Morgan fingerprint density at radius 1 is 1.18 bits per heavy atom. The maximum Gasteiger partial charge on any atom is 0.164 e. The molecular weight excluding hydrogens is 306 g/mol. The van der Waals surface area contributed by atoms with Gasteiger partial charge in [-0.25, -0.2) is 8.78 Å². The molecule has 1 heterocycles. The van der Waals surface area contributed by atoms with Crippen LogP contribution in [0.25, 0.3) is 6.08 Å². The molecule has 0 saturated heterocycles. The van der Waals surface area contributed by atoms with Gasteiger partial charge in [0, 0.05) is 11.6 Å². The highest BCUT2D eigenvalue weighted by Crippen LogP contribution is 2.40. The van der Waals surface area contributed by atoms with E-state index in [1.807, 2.05) is 25.1 Å². The van der Waals surface area contributed by atoms with Gasteiger partial charge in [-0.05, 0) is 36.3 Å². The van der Waals surface area contributed by atoms with Gasteiger partial charge in [-0.3, -0.25) is 0 Å². The van der Waals surface area contributed by atoms with Gasteiger partial charge in [0.05, 0.1) is 16.8 Å². The van der Waals surface area contributed by atoms with Crippen molar-refractivity contribution in [1.29, 1.82) is 0 Å². The van der Waals surface area contributed by atoms with Crippen molar-refractivity contribution in [3.05, 3.63) is 69.8 Å². The van der Waals surface area contributed by atoms with Gasteiger partial charge in [-0.15, -0.1) is 0 Å². The number of nitrogens with one attached hydrogen (secondary N) is 1. The van der Waals surface area contributed by atoms with Crippen LogP contribution in [0.5, 0.6) is 0 Å². The Balaban J connectivity index is 2.16. The summed E-state index contributed by atoms with van der Waals surface area (Å²) in [5.74, 6) is -1.75. The summed E-state index contributed by atoms with van der Waals surface area (Å²) >= 11 is 6.20.